The Labute approximate surface area is 475 Å². The number of benzene rings is 1. The fourth-order valence-electron chi connectivity index (χ4n) is 12.4. The number of nitrogens with one attached hydrogen (secondary N) is 1. The Morgan fingerprint density at radius 2 is 1.56 bits per heavy atom. The minimum absolute atomic E-state index is 0.0218. The number of esters is 1. The van der Waals surface area contributed by atoms with Gasteiger partial charge in [0.2, 0.25) is 5.76 Å². The number of aromatic nitrogens is 2. The molecule has 80 heavy (non-hydrogen) atoms. The molecule has 7 rings (SSSR count). The number of nitrogens with zero attached hydrogens (tertiary/aromatic N) is 3. The van der Waals surface area contributed by atoms with E-state index in [9.17, 15) is 9.90 Å². The molecular formula is C59H90N4O15Si2. The van der Waals surface area contributed by atoms with Gasteiger partial charge in [-0.1, -0.05) is 57.0 Å². The van der Waals surface area contributed by atoms with Crippen molar-refractivity contribution in [1.82, 2.24) is 20.4 Å². The molecule has 4 aliphatic heterocycles. The lowest BCUT2D eigenvalue weighted by Crippen LogP contribution is -2.67. The van der Waals surface area contributed by atoms with E-state index in [1.807, 2.05) is 79.0 Å². The molecule has 5 unspecified atom stereocenters. The van der Waals surface area contributed by atoms with Crippen molar-refractivity contribution in [3.63, 3.8) is 0 Å². The van der Waals surface area contributed by atoms with E-state index in [4.69, 9.17) is 51.3 Å². The van der Waals surface area contributed by atoms with Crippen LogP contribution in [0.1, 0.15) is 101 Å². The minimum atomic E-state index is -2.33. The largest absolute Gasteiger partial charge is 0.458 e. The molecule has 6 heterocycles. The van der Waals surface area contributed by atoms with Crippen LogP contribution in [0.3, 0.4) is 0 Å². The Hall–Kier alpha value is -4.16. The van der Waals surface area contributed by atoms with E-state index in [0.717, 1.165) is 16.5 Å². The van der Waals surface area contributed by atoms with Crippen LogP contribution in [0.5, 0.6) is 0 Å². The lowest BCUT2D eigenvalue weighted by Gasteiger charge is -2.52. The van der Waals surface area contributed by atoms with Gasteiger partial charge in [-0.2, -0.15) is 0 Å². The molecule has 0 spiro atoms. The van der Waals surface area contributed by atoms with Gasteiger partial charge in [0, 0.05) is 54.6 Å². The number of aliphatic hydroxyl groups is 1. The fraction of sp³-hybridized carbons (Fsp3) is 0.712. The second-order valence-corrected chi connectivity index (χ2v) is 34.5. The summed E-state index contributed by atoms with van der Waals surface area (Å²) < 4.78 is 73.5. The van der Waals surface area contributed by atoms with E-state index in [1.54, 1.807) is 40.1 Å². The summed E-state index contributed by atoms with van der Waals surface area (Å²) in [6.07, 6.45) is -5.43. The van der Waals surface area contributed by atoms with E-state index < -0.39 is 130 Å². The number of carbonyl (C=O) groups is 3. The summed E-state index contributed by atoms with van der Waals surface area (Å²) in [5, 5.41) is 20.5. The molecule has 2 N–H and O–H groups in total. The first-order valence-electron chi connectivity index (χ1n) is 28.4. The van der Waals surface area contributed by atoms with Crippen molar-refractivity contribution >= 4 is 45.4 Å². The van der Waals surface area contributed by atoms with Crippen molar-refractivity contribution in [2.24, 2.45) is 23.7 Å². The fourth-order valence-corrected chi connectivity index (χ4v) is 14.7. The third kappa shape index (κ3) is 13.7. The number of hydrogen-bond donors (Lipinski definition) is 2. The number of para-hydroxylation sites is 1. The minimum Gasteiger partial charge on any atom is -0.458 e. The maximum Gasteiger partial charge on any atom is 0.410 e. The number of fused-ring (bicyclic) bond motifs is 2. The average molecular weight is 1150 g/mol. The second kappa shape index (κ2) is 24.6. The molecule has 2 aromatic heterocycles. The number of alkyl carbamates (subject to hydrolysis) is 1. The number of cyclic esters (lactones) is 1. The van der Waals surface area contributed by atoms with Crippen molar-refractivity contribution in [3.8, 4) is 23.1 Å². The maximum absolute atomic E-state index is 15.2. The number of rotatable bonds is 14. The molecule has 19 nitrogen and oxygen atoms in total. The van der Waals surface area contributed by atoms with Crippen LogP contribution in [-0.4, -0.2) is 166 Å². The van der Waals surface area contributed by atoms with Gasteiger partial charge in [0.15, 0.2) is 40.5 Å². The van der Waals surface area contributed by atoms with Gasteiger partial charge in [-0.05, 0) is 132 Å². The van der Waals surface area contributed by atoms with Crippen LogP contribution < -0.4 is 5.32 Å². The predicted octanol–water partition coefficient (Wildman–Crippen LogP) is 8.86. The number of methoxy groups -OCH3 is 1. The molecule has 4 fully saturated rings. The molecule has 0 saturated carbocycles. The van der Waals surface area contributed by atoms with Crippen molar-refractivity contribution in [3.05, 3.63) is 48.4 Å². The molecule has 4 aliphatic rings. The standard InChI is InChI=1S/C59H90N4O15Si2/c1-20-46-58(10)59(67,61-55(66)75-58)38(6)48(64)34(2)31-57(9,69-27-23-25-42-30-44(62-76-42)41-29-40-24-21-22-26-43(40)60-33-41)51(74-54-50(77-79(14,15)16)45(63(11)12)28-35(3)70-54)36(4)49(37(5)53(65)72-46)73-47-32-56(8,68-13)52(39(7)71-47)78-80(17,18)19/h21-22,24,26,29-30,33-39,45-47,49-52,54,67H,20,27-28,31-32H2,1-19H3,(H,61,66)/t34-,35-,36+,37-,38+,39?,45+,46-,47?,49+,50-,51-,52?,54+,56?,57-,58-,59?/m1/s1. The zero-order valence-electron chi connectivity index (χ0n) is 50.7. The van der Waals surface area contributed by atoms with Gasteiger partial charge in [-0.25, -0.2) is 4.79 Å². The van der Waals surface area contributed by atoms with Crippen LogP contribution in [0.4, 0.5) is 4.79 Å². The highest BCUT2D eigenvalue weighted by Gasteiger charge is 2.67. The van der Waals surface area contributed by atoms with Crippen LogP contribution in [-0.2, 0) is 56.3 Å². The van der Waals surface area contributed by atoms with Gasteiger partial charge in [0.05, 0.1) is 59.1 Å². The number of amides is 1. The molecule has 4 saturated heterocycles. The van der Waals surface area contributed by atoms with Crippen molar-refractivity contribution in [1.29, 1.82) is 0 Å². The zero-order chi connectivity index (χ0) is 59.1. The molecule has 0 bridgehead atoms. The second-order valence-electron chi connectivity index (χ2n) is 25.6. The highest BCUT2D eigenvalue weighted by Crippen LogP contribution is 2.46. The maximum atomic E-state index is 15.2. The molecular weight excluding hydrogens is 1060 g/mol. The van der Waals surface area contributed by atoms with Crippen molar-refractivity contribution in [2.45, 2.75) is 218 Å². The smallest absolute Gasteiger partial charge is 0.410 e. The van der Waals surface area contributed by atoms with Gasteiger partial charge < -0.3 is 61.3 Å². The Bertz CT molecular complexity index is 2720. The first-order valence-corrected chi connectivity index (χ1v) is 35.2. The Balaban J connectivity index is 1.37. The Kier molecular flexibility index (Phi) is 19.5. The summed E-state index contributed by atoms with van der Waals surface area (Å²) in [4.78, 5) is 50.5. The summed E-state index contributed by atoms with van der Waals surface area (Å²) in [5.74, 6) is 1.27. The van der Waals surface area contributed by atoms with Gasteiger partial charge in [-0.3, -0.25) is 19.9 Å². The van der Waals surface area contributed by atoms with Crippen LogP contribution >= 0.6 is 0 Å². The van der Waals surface area contributed by atoms with E-state index in [1.165, 1.54) is 13.8 Å². The molecule has 18 atom stereocenters. The lowest BCUT2D eigenvalue weighted by molar-refractivity contribution is -0.317. The quantitative estimate of drug-likeness (QED) is 0.0875. The van der Waals surface area contributed by atoms with E-state index in [2.05, 4.69) is 71.5 Å². The van der Waals surface area contributed by atoms with E-state index in [0.29, 0.717) is 12.1 Å². The van der Waals surface area contributed by atoms with Crippen molar-refractivity contribution < 1.29 is 70.8 Å². The Morgan fingerprint density at radius 1 is 0.875 bits per heavy atom. The monoisotopic (exact) mass is 1150 g/mol. The summed E-state index contributed by atoms with van der Waals surface area (Å²) in [6.45, 7) is 30.4. The molecule has 1 aromatic carbocycles. The van der Waals surface area contributed by atoms with E-state index in [-0.39, 0.29) is 43.8 Å². The average Bonchev–Trinajstić information content (AvgIpc) is 4.17. The zero-order valence-corrected chi connectivity index (χ0v) is 52.7. The summed E-state index contributed by atoms with van der Waals surface area (Å²) >= 11 is 0. The number of likely N-dealkylation sites (N-methyl/N-ethyl adjacent to an activating group) is 1. The summed E-state index contributed by atoms with van der Waals surface area (Å²) in [5.41, 5.74) is -4.46. The van der Waals surface area contributed by atoms with Gasteiger partial charge >= 0.3 is 12.1 Å². The molecule has 3 aromatic rings. The normalized spacial score (nSPS) is 37.7. The topological polar surface area (TPSA) is 218 Å². The van der Waals surface area contributed by atoms with Gasteiger partial charge in [0.25, 0.3) is 0 Å². The number of carbonyl (C=O) groups excluding carboxylic acids is 3. The van der Waals surface area contributed by atoms with Crippen LogP contribution in [0.25, 0.3) is 22.2 Å². The summed E-state index contributed by atoms with van der Waals surface area (Å²) in [6, 6.07) is 11.4. The third-order valence-corrected chi connectivity index (χ3v) is 18.6. The predicted molar refractivity (Wildman–Crippen MR) is 305 cm³/mol. The molecule has 1 amide bonds. The SMILES string of the molecule is CC[C@H]1OC(=O)[C@H](C)[C@@H](OC2CC(C)(OC)C(O[Si](C)(C)C)C(C)O2)[C@H](C)[C@@H](O[C@@H]2O[C@H](C)C[C@H](N(C)C)[C@H]2O[Si](C)(C)C)[C@](C)(OCC#Cc2cc(-c3cnc4ccccc4c3)no2)C[C@@H](C)C(=O)[C@H](C)C2(O)NC(=O)O[C@]12C. The van der Waals surface area contributed by atoms with Crippen LogP contribution in [0.15, 0.2) is 47.1 Å². The van der Waals surface area contributed by atoms with Crippen molar-refractivity contribution in [2.75, 3.05) is 27.8 Å². The highest BCUT2D eigenvalue weighted by atomic mass is 28.4. The lowest BCUT2D eigenvalue weighted by atomic mass is 9.71. The highest BCUT2D eigenvalue weighted by molar-refractivity contribution is 6.70. The number of pyridine rings is 1. The number of hydrogen-bond acceptors (Lipinski definition) is 18. The van der Waals surface area contributed by atoms with E-state index >= 15 is 9.59 Å². The van der Waals surface area contributed by atoms with Gasteiger partial charge in [-0.15, -0.1) is 0 Å². The third-order valence-electron chi connectivity index (χ3n) is 16.6. The first kappa shape index (κ1) is 63.4. The number of ketones is 1. The molecule has 21 heteroatoms. The summed E-state index contributed by atoms with van der Waals surface area (Å²) in [7, 11) is 1.22. The Morgan fingerprint density at radius 3 is 2.21 bits per heavy atom. The molecule has 444 valence electrons. The molecule has 0 radical (unpaired) electrons. The first-order chi connectivity index (χ1) is 37.2. The molecule has 0 aliphatic carbocycles. The van der Waals surface area contributed by atoms with Gasteiger partial charge in [0.1, 0.15) is 30.3 Å². The van der Waals surface area contributed by atoms with Crippen LogP contribution in [0, 0.1) is 35.5 Å². The number of ether oxygens (including phenoxy) is 8. The van der Waals surface area contributed by atoms with Crippen LogP contribution in [0.2, 0.25) is 39.3 Å². The number of Topliss-reactive ketones (excluding diaryl/α,β-unsaturated/α-hetero) is 1.